The van der Waals surface area contributed by atoms with E-state index >= 15 is 0 Å². The molecule has 1 N–H and O–H groups in total. The Kier molecular flexibility index (Phi) is 6.86. The van der Waals surface area contributed by atoms with Gasteiger partial charge in [-0.3, -0.25) is 4.79 Å². The van der Waals surface area contributed by atoms with Crippen molar-refractivity contribution >= 4 is 28.2 Å². The lowest BCUT2D eigenvalue weighted by Crippen LogP contribution is -2.26. The highest BCUT2D eigenvalue weighted by Gasteiger charge is 2.34. The molecule has 0 spiro atoms. The number of aryl methyl sites for hydroxylation is 1. The van der Waals surface area contributed by atoms with Crippen molar-refractivity contribution in [1.29, 1.82) is 0 Å². The van der Waals surface area contributed by atoms with Crippen LogP contribution < -0.4 is 10.1 Å². The smallest absolute Gasteiger partial charge is 0.341 e. The lowest BCUT2D eigenvalue weighted by Gasteiger charge is -2.33. The number of amides is 1. The van der Waals surface area contributed by atoms with Crippen molar-refractivity contribution in [2.24, 2.45) is 11.3 Å². The van der Waals surface area contributed by atoms with Gasteiger partial charge in [0.15, 0.2) is 6.61 Å². The molecule has 5 nitrogen and oxygen atoms in total. The zero-order chi connectivity index (χ0) is 21.9. The van der Waals surface area contributed by atoms with Crippen LogP contribution in [0.2, 0.25) is 0 Å². The van der Waals surface area contributed by atoms with Gasteiger partial charge in [-0.2, -0.15) is 0 Å². The van der Waals surface area contributed by atoms with Crippen LogP contribution in [0.3, 0.4) is 0 Å². The predicted molar refractivity (Wildman–Crippen MR) is 121 cm³/mol. The van der Waals surface area contributed by atoms with E-state index < -0.39 is 5.97 Å². The second kappa shape index (κ2) is 9.21. The third-order valence-electron chi connectivity index (χ3n) is 5.81. The maximum absolute atomic E-state index is 12.6. The quantitative estimate of drug-likeness (QED) is 0.636. The average Bonchev–Trinajstić information content (AvgIpc) is 3.08. The zero-order valence-electron chi connectivity index (χ0n) is 18.5. The molecule has 1 aromatic heterocycles. The molecule has 1 aliphatic carbocycles. The number of fused-ring (bicyclic) bond motifs is 1. The Hall–Kier alpha value is -2.34. The van der Waals surface area contributed by atoms with Crippen molar-refractivity contribution < 1.29 is 19.1 Å². The van der Waals surface area contributed by atoms with Crippen LogP contribution in [0.25, 0.3) is 0 Å². The molecule has 0 saturated heterocycles. The molecule has 0 radical (unpaired) electrons. The lowest BCUT2D eigenvalue weighted by molar-refractivity contribution is -0.118. The Morgan fingerprint density at radius 2 is 2.03 bits per heavy atom. The van der Waals surface area contributed by atoms with Crippen molar-refractivity contribution in [3.63, 3.8) is 0 Å². The number of hydrogen-bond acceptors (Lipinski definition) is 5. The van der Waals surface area contributed by atoms with Gasteiger partial charge in [-0.15, -0.1) is 11.3 Å². The van der Waals surface area contributed by atoms with Gasteiger partial charge < -0.3 is 14.8 Å². The summed E-state index contributed by atoms with van der Waals surface area (Å²) >= 11 is 1.49. The molecule has 0 bridgehead atoms. The molecule has 30 heavy (non-hydrogen) atoms. The van der Waals surface area contributed by atoms with E-state index in [9.17, 15) is 9.59 Å². The second-order valence-corrected chi connectivity index (χ2v) is 9.95. The van der Waals surface area contributed by atoms with Gasteiger partial charge in [0, 0.05) is 4.88 Å². The number of rotatable bonds is 6. The van der Waals surface area contributed by atoms with E-state index in [1.165, 1.54) is 23.3 Å². The Bertz CT molecular complexity index is 926. The molecular formula is C24H31NO4S. The summed E-state index contributed by atoms with van der Waals surface area (Å²) in [6, 6.07) is 7.71. The molecule has 1 aromatic carbocycles. The zero-order valence-corrected chi connectivity index (χ0v) is 19.3. The predicted octanol–water partition coefficient (Wildman–Crippen LogP) is 5.27. The summed E-state index contributed by atoms with van der Waals surface area (Å²) in [6.07, 6.45) is 3.68. The van der Waals surface area contributed by atoms with Gasteiger partial charge in [0.1, 0.15) is 10.8 Å². The number of carbonyl (C=O) groups is 2. The molecule has 1 heterocycles. The van der Waals surface area contributed by atoms with Crippen LogP contribution in [-0.4, -0.2) is 25.6 Å². The van der Waals surface area contributed by atoms with Crippen LogP contribution in [0.5, 0.6) is 5.75 Å². The fourth-order valence-electron chi connectivity index (χ4n) is 3.90. The first kappa shape index (κ1) is 22.3. The van der Waals surface area contributed by atoms with Crippen molar-refractivity contribution in [2.45, 2.75) is 53.4 Å². The number of carbonyl (C=O) groups excluding carboxylic acids is 2. The standard InChI is InChI=1S/C24H31NO4S/c1-6-15-8-7-9-17(12-15)29-14-20(26)25-22-21(23(27)28-5)18-11-10-16(24(2,3)4)13-19(18)30-22/h7-9,12,16H,6,10-11,13-14H2,1-5H3,(H,25,26). The largest absolute Gasteiger partial charge is 0.484 e. The van der Waals surface area contributed by atoms with Gasteiger partial charge in [-0.25, -0.2) is 4.79 Å². The van der Waals surface area contributed by atoms with Crippen LogP contribution in [0, 0.1) is 11.3 Å². The number of thiophene rings is 1. The summed E-state index contributed by atoms with van der Waals surface area (Å²) in [4.78, 5) is 26.2. The molecular weight excluding hydrogens is 398 g/mol. The summed E-state index contributed by atoms with van der Waals surface area (Å²) in [5.41, 5.74) is 2.89. The average molecular weight is 430 g/mol. The highest BCUT2D eigenvalue weighted by Crippen LogP contribution is 2.44. The molecule has 3 rings (SSSR count). The fourth-order valence-corrected chi connectivity index (χ4v) is 5.23. The molecule has 1 unspecified atom stereocenters. The summed E-state index contributed by atoms with van der Waals surface area (Å²) < 4.78 is 10.7. The minimum atomic E-state index is -0.395. The van der Waals surface area contributed by atoms with Crippen LogP contribution in [0.4, 0.5) is 5.00 Å². The van der Waals surface area contributed by atoms with Crippen molar-refractivity contribution in [3.05, 3.63) is 45.8 Å². The monoisotopic (exact) mass is 429 g/mol. The minimum Gasteiger partial charge on any atom is -0.484 e. The van der Waals surface area contributed by atoms with E-state index in [4.69, 9.17) is 9.47 Å². The maximum atomic E-state index is 12.6. The number of nitrogens with one attached hydrogen (secondary N) is 1. The third-order valence-corrected chi connectivity index (χ3v) is 6.98. The topological polar surface area (TPSA) is 64.6 Å². The van der Waals surface area contributed by atoms with Gasteiger partial charge in [0.25, 0.3) is 5.91 Å². The Morgan fingerprint density at radius 1 is 1.27 bits per heavy atom. The van der Waals surface area contributed by atoms with E-state index in [1.807, 2.05) is 24.3 Å². The van der Waals surface area contributed by atoms with Crippen molar-refractivity contribution in [1.82, 2.24) is 0 Å². The lowest BCUT2D eigenvalue weighted by atomic mass is 9.72. The number of esters is 1. The normalized spacial score (nSPS) is 16.0. The van der Waals surface area contributed by atoms with Gasteiger partial charge in [-0.05, 0) is 60.3 Å². The first-order valence-corrected chi connectivity index (χ1v) is 11.3. The molecule has 0 aliphatic heterocycles. The van der Waals surface area contributed by atoms with E-state index in [2.05, 4.69) is 33.0 Å². The van der Waals surface area contributed by atoms with Gasteiger partial charge >= 0.3 is 5.97 Å². The van der Waals surface area contributed by atoms with Crippen LogP contribution >= 0.6 is 11.3 Å². The SMILES string of the molecule is CCc1cccc(OCC(=O)Nc2sc3c(c2C(=O)OC)CCC(C(C)(C)C)C3)c1. The van der Waals surface area contributed by atoms with Crippen molar-refractivity contribution in [3.8, 4) is 5.75 Å². The summed E-state index contributed by atoms with van der Waals surface area (Å²) in [7, 11) is 1.38. The first-order valence-electron chi connectivity index (χ1n) is 10.5. The highest BCUT2D eigenvalue weighted by atomic mass is 32.1. The molecule has 0 saturated carbocycles. The van der Waals surface area contributed by atoms with Gasteiger partial charge in [0.05, 0.1) is 12.7 Å². The first-order chi connectivity index (χ1) is 14.2. The Morgan fingerprint density at radius 3 is 2.70 bits per heavy atom. The van der Waals surface area contributed by atoms with Crippen molar-refractivity contribution in [2.75, 3.05) is 19.0 Å². The fraction of sp³-hybridized carbons (Fsp3) is 0.500. The number of hydrogen-bond donors (Lipinski definition) is 1. The van der Waals surface area contributed by atoms with Crippen LogP contribution in [-0.2, 0) is 28.8 Å². The summed E-state index contributed by atoms with van der Waals surface area (Å²) in [6.45, 7) is 8.73. The Balaban J connectivity index is 1.75. The third kappa shape index (κ3) is 5.04. The molecule has 0 fully saturated rings. The molecule has 162 valence electrons. The number of anilines is 1. The summed E-state index contributed by atoms with van der Waals surface area (Å²) in [5.74, 6) is 0.532. The molecule has 1 atom stereocenters. The molecule has 6 heteroatoms. The van der Waals surface area contributed by atoms with Crippen LogP contribution in [0.15, 0.2) is 24.3 Å². The molecule has 1 aliphatic rings. The number of benzene rings is 1. The Labute approximate surface area is 182 Å². The van der Waals surface area contributed by atoms with E-state index in [-0.39, 0.29) is 17.9 Å². The van der Waals surface area contributed by atoms with Crippen LogP contribution in [0.1, 0.15) is 60.5 Å². The highest BCUT2D eigenvalue weighted by molar-refractivity contribution is 7.17. The second-order valence-electron chi connectivity index (χ2n) is 8.84. The summed E-state index contributed by atoms with van der Waals surface area (Å²) in [5, 5.41) is 3.46. The van der Waals surface area contributed by atoms with Gasteiger partial charge in [0.2, 0.25) is 0 Å². The van der Waals surface area contributed by atoms with E-state index in [0.717, 1.165) is 36.8 Å². The van der Waals surface area contributed by atoms with E-state index in [0.29, 0.717) is 22.2 Å². The minimum absolute atomic E-state index is 0.110. The van der Waals surface area contributed by atoms with Gasteiger partial charge in [-0.1, -0.05) is 39.8 Å². The molecule has 2 aromatic rings. The number of ether oxygens (including phenoxy) is 2. The molecule has 1 amide bonds. The van der Waals surface area contributed by atoms with E-state index in [1.54, 1.807) is 0 Å². The number of methoxy groups -OCH3 is 1. The maximum Gasteiger partial charge on any atom is 0.341 e.